The van der Waals surface area contributed by atoms with E-state index in [4.69, 9.17) is 5.73 Å². The molecule has 0 fully saturated rings. The maximum Gasteiger partial charge on any atom is 0.326 e. The molecule has 0 saturated carbocycles. The molecule has 1 aromatic heterocycles. The van der Waals surface area contributed by atoms with Gasteiger partial charge in [-0.1, -0.05) is 25.0 Å². The van der Waals surface area contributed by atoms with Crippen molar-refractivity contribution in [3.63, 3.8) is 0 Å². The molecule has 2 aromatic rings. The number of benzene rings is 1. The van der Waals surface area contributed by atoms with Gasteiger partial charge in [0.2, 0.25) is 5.91 Å². The number of hydrogen-bond acceptors (Lipinski definition) is 3. The number of carbonyl (C=O) groups excluding carboxylic acids is 1. The highest BCUT2D eigenvalue weighted by Gasteiger charge is 2.06. The highest BCUT2D eigenvalue weighted by Crippen LogP contribution is 2.08. The van der Waals surface area contributed by atoms with Gasteiger partial charge >= 0.3 is 5.69 Å². The normalized spacial score (nSPS) is 10.5. The van der Waals surface area contributed by atoms with Crippen LogP contribution in [0.5, 0.6) is 0 Å². The molecule has 6 nitrogen and oxygen atoms in total. The van der Waals surface area contributed by atoms with Crippen LogP contribution in [0.2, 0.25) is 0 Å². The minimum absolute atomic E-state index is 0. The van der Waals surface area contributed by atoms with Gasteiger partial charge in [-0.25, -0.2) is 4.79 Å². The molecule has 7 heteroatoms. The van der Waals surface area contributed by atoms with E-state index < -0.39 is 0 Å². The van der Waals surface area contributed by atoms with Crippen molar-refractivity contribution in [2.75, 3.05) is 13.1 Å². The van der Waals surface area contributed by atoms with E-state index in [-0.39, 0.29) is 24.0 Å². The van der Waals surface area contributed by atoms with Crippen molar-refractivity contribution in [2.24, 2.45) is 5.73 Å². The number of nitrogens with two attached hydrogens (primary N) is 1. The molecule has 0 aliphatic heterocycles. The fraction of sp³-hybridized carbons (Fsp3) is 0.500. The predicted octanol–water partition coefficient (Wildman–Crippen LogP) is 1.78. The minimum atomic E-state index is -0.141. The van der Waals surface area contributed by atoms with E-state index in [1.54, 1.807) is 4.57 Å². The molecule has 0 unspecified atom stereocenters. The lowest BCUT2D eigenvalue weighted by Crippen LogP contribution is -2.29. The Hall–Kier alpha value is -1.79. The van der Waals surface area contributed by atoms with Crippen LogP contribution in [0.15, 0.2) is 29.1 Å². The van der Waals surface area contributed by atoms with E-state index in [1.807, 2.05) is 24.3 Å². The number of aromatic nitrogens is 2. The molecule has 0 atom stereocenters. The molecule has 1 heterocycles. The predicted molar refractivity (Wildman–Crippen MR) is 95.0 cm³/mol. The third-order valence-electron chi connectivity index (χ3n) is 3.70. The zero-order chi connectivity index (χ0) is 15.8. The third kappa shape index (κ3) is 5.73. The highest BCUT2D eigenvalue weighted by atomic mass is 35.5. The summed E-state index contributed by atoms with van der Waals surface area (Å²) in [6, 6.07) is 7.54. The number of imidazole rings is 1. The zero-order valence-corrected chi connectivity index (χ0v) is 14.0. The quantitative estimate of drug-likeness (QED) is 0.607. The number of H-pyrrole nitrogens is 1. The summed E-state index contributed by atoms with van der Waals surface area (Å²) < 4.78 is 1.65. The number of hydrogen-bond donors (Lipinski definition) is 3. The van der Waals surface area contributed by atoms with Gasteiger partial charge in [0.05, 0.1) is 11.0 Å². The number of nitrogens with one attached hydrogen (secondary N) is 2. The molecule has 0 spiro atoms. The van der Waals surface area contributed by atoms with Crippen LogP contribution >= 0.6 is 12.4 Å². The number of unbranched alkanes of at least 4 members (excludes halogenated alkanes) is 3. The van der Waals surface area contributed by atoms with Gasteiger partial charge in [-0.3, -0.25) is 9.36 Å². The van der Waals surface area contributed by atoms with Crippen molar-refractivity contribution in [2.45, 2.75) is 38.6 Å². The van der Waals surface area contributed by atoms with Crippen LogP contribution in [0.1, 0.15) is 32.1 Å². The number of nitrogens with zero attached hydrogens (tertiary/aromatic N) is 1. The molecular weight excluding hydrogens is 316 g/mol. The van der Waals surface area contributed by atoms with Gasteiger partial charge in [-0.15, -0.1) is 12.4 Å². The number of halogens is 1. The van der Waals surface area contributed by atoms with Crippen molar-refractivity contribution in [3.05, 3.63) is 34.7 Å². The highest BCUT2D eigenvalue weighted by molar-refractivity contribution is 5.85. The summed E-state index contributed by atoms with van der Waals surface area (Å²) in [7, 11) is 0. The lowest BCUT2D eigenvalue weighted by molar-refractivity contribution is -0.121. The number of carbonyl (C=O) groups is 1. The van der Waals surface area contributed by atoms with Gasteiger partial charge in [-0.2, -0.15) is 0 Å². The first-order valence-electron chi connectivity index (χ1n) is 7.86. The summed E-state index contributed by atoms with van der Waals surface area (Å²) in [6.07, 6.45) is 4.55. The van der Waals surface area contributed by atoms with E-state index in [0.717, 1.165) is 36.7 Å². The van der Waals surface area contributed by atoms with Gasteiger partial charge in [0, 0.05) is 19.5 Å². The molecule has 4 N–H and O–H groups in total. The van der Waals surface area contributed by atoms with Crippen LogP contribution in [-0.2, 0) is 11.3 Å². The van der Waals surface area contributed by atoms with Crippen molar-refractivity contribution in [1.82, 2.24) is 14.9 Å². The Morgan fingerprint density at radius 3 is 2.70 bits per heavy atom. The van der Waals surface area contributed by atoms with Crippen molar-refractivity contribution in [1.29, 1.82) is 0 Å². The molecule has 0 bridgehead atoms. The third-order valence-corrected chi connectivity index (χ3v) is 3.70. The molecule has 23 heavy (non-hydrogen) atoms. The van der Waals surface area contributed by atoms with Gasteiger partial charge in [0.15, 0.2) is 0 Å². The van der Waals surface area contributed by atoms with Crippen molar-refractivity contribution >= 4 is 29.3 Å². The Morgan fingerprint density at radius 2 is 1.91 bits per heavy atom. The van der Waals surface area contributed by atoms with Crippen LogP contribution < -0.4 is 16.7 Å². The molecule has 128 valence electrons. The standard InChI is InChI=1S/C16H24N4O2.ClH/c17-10-6-2-1-3-9-15(21)18-11-12-20-14-8-5-4-7-13(14)19-16(20)22;/h4-5,7-8H,1-3,6,9-12,17H2,(H,18,21)(H,19,22);1H. The van der Waals surface area contributed by atoms with Crippen molar-refractivity contribution in [3.8, 4) is 0 Å². The van der Waals surface area contributed by atoms with E-state index >= 15 is 0 Å². The van der Waals surface area contributed by atoms with Gasteiger partial charge in [0.25, 0.3) is 0 Å². The van der Waals surface area contributed by atoms with E-state index in [1.165, 1.54) is 0 Å². The summed E-state index contributed by atoms with van der Waals surface area (Å²) in [4.78, 5) is 26.4. The van der Waals surface area contributed by atoms with Crippen LogP contribution in [0.4, 0.5) is 0 Å². The number of amides is 1. The van der Waals surface area contributed by atoms with E-state index in [9.17, 15) is 9.59 Å². The van der Waals surface area contributed by atoms with Crippen LogP contribution in [-0.4, -0.2) is 28.5 Å². The Morgan fingerprint density at radius 1 is 1.17 bits per heavy atom. The minimum Gasteiger partial charge on any atom is -0.354 e. The molecule has 1 amide bonds. The second kappa shape index (κ2) is 10.1. The number of fused-ring (bicyclic) bond motifs is 1. The monoisotopic (exact) mass is 340 g/mol. The Bertz CT molecular complexity index is 665. The SMILES string of the molecule is Cl.NCCCCCCC(=O)NCCn1c(=O)[nH]c2ccccc21. The first kappa shape index (κ1) is 19.3. The Balaban J connectivity index is 0.00000264. The molecule has 1 aromatic carbocycles. The molecule has 0 aliphatic carbocycles. The second-order valence-electron chi connectivity index (χ2n) is 5.40. The lowest BCUT2D eigenvalue weighted by Gasteiger charge is -2.06. The summed E-state index contributed by atoms with van der Waals surface area (Å²) in [5, 5.41) is 2.87. The second-order valence-corrected chi connectivity index (χ2v) is 5.40. The molecule has 2 rings (SSSR count). The topological polar surface area (TPSA) is 92.9 Å². The number of para-hydroxylation sites is 2. The average Bonchev–Trinajstić information content (AvgIpc) is 2.83. The number of aromatic amines is 1. The largest absolute Gasteiger partial charge is 0.354 e. The molecule has 0 aliphatic rings. The zero-order valence-electron chi connectivity index (χ0n) is 13.2. The Labute approximate surface area is 141 Å². The van der Waals surface area contributed by atoms with Crippen LogP contribution in [0, 0.1) is 0 Å². The lowest BCUT2D eigenvalue weighted by atomic mass is 10.1. The smallest absolute Gasteiger partial charge is 0.326 e. The first-order valence-corrected chi connectivity index (χ1v) is 7.86. The fourth-order valence-corrected chi connectivity index (χ4v) is 2.51. The van der Waals surface area contributed by atoms with Gasteiger partial charge in [-0.05, 0) is 31.5 Å². The summed E-state index contributed by atoms with van der Waals surface area (Å²) in [5.74, 6) is 0.0423. The van der Waals surface area contributed by atoms with Crippen LogP contribution in [0.3, 0.4) is 0 Å². The molecule has 0 radical (unpaired) electrons. The van der Waals surface area contributed by atoms with E-state index in [2.05, 4.69) is 10.3 Å². The van der Waals surface area contributed by atoms with Gasteiger partial charge < -0.3 is 16.0 Å². The molecular formula is C16H25ClN4O2. The average molecular weight is 341 g/mol. The summed E-state index contributed by atoms with van der Waals surface area (Å²) in [5.41, 5.74) is 6.97. The van der Waals surface area contributed by atoms with E-state index in [0.29, 0.717) is 26.1 Å². The molecule has 0 saturated heterocycles. The summed E-state index contributed by atoms with van der Waals surface area (Å²) >= 11 is 0. The number of rotatable bonds is 9. The Kier molecular flexibility index (Phi) is 8.43. The van der Waals surface area contributed by atoms with Gasteiger partial charge in [0.1, 0.15) is 0 Å². The maximum atomic E-state index is 11.9. The van der Waals surface area contributed by atoms with Crippen LogP contribution in [0.25, 0.3) is 11.0 Å². The summed E-state index contributed by atoms with van der Waals surface area (Å²) in [6.45, 7) is 1.65. The maximum absolute atomic E-state index is 11.9. The first-order chi connectivity index (χ1) is 10.7. The van der Waals surface area contributed by atoms with Crippen molar-refractivity contribution < 1.29 is 4.79 Å². The fourth-order valence-electron chi connectivity index (χ4n) is 2.51.